The van der Waals surface area contributed by atoms with Crippen LogP contribution in [0.4, 0.5) is 11.4 Å². The van der Waals surface area contributed by atoms with E-state index in [1.807, 2.05) is 77.7 Å². The van der Waals surface area contributed by atoms with Gasteiger partial charge < -0.3 is 19.3 Å². The average Bonchev–Trinajstić information content (AvgIpc) is 2.89. The third kappa shape index (κ3) is 5.17. The molecule has 1 atom stereocenters. The fourth-order valence-corrected chi connectivity index (χ4v) is 4.34. The van der Waals surface area contributed by atoms with E-state index in [0.717, 1.165) is 16.9 Å². The summed E-state index contributed by atoms with van der Waals surface area (Å²) in [6.07, 6.45) is -0.447. The normalized spacial score (nSPS) is 15.7. The first kappa shape index (κ1) is 24.4. The van der Waals surface area contributed by atoms with E-state index in [-0.39, 0.29) is 31.0 Å². The molecule has 3 aromatic carbocycles. The highest BCUT2D eigenvalue weighted by Gasteiger charge is 2.42. The molecule has 1 aliphatic rings. The molecule has 0 amide bonds. The molecule has 0 aromatic heterocycles. The third-order valence-electron chi connectivity index (χ3n) is 5.68. The molecule has 6 nitrogen and oxygen atoms in total. The van der Waals surface area contributed by atoms with Gasteiger partial charge in [0.25, 0.3) is 0 Å². The van der Waals surface area contributed by atoms with E-state index in [1.54, 1.807) is 26.0 Å². The molecule has 180 valence electrons. The Hall–Kier alpha value is -3.77. The molecule has 1 unspecified atom stereocenters. The van der Waals surface area contributed by atoms with Gasteiger partial charge in [0.1, 0.15) is 11.9 Å². The lowest BCUT2D eigenvalue weighted by molar-refractivity contribution is -0.142. The van der Waals surface area contributed by atoms with E-state index in [2.05, 4.69) is 4.90 Å². The summed E-state index contributed by atoms with van der Waals surface area (Å²) >= 11 is 6.17. The van der Waals surface area contributed by atoms with Crippen LogP contribution in [-0.4, -0.2) is 31.7 Å². The highest BCUT2D eigenvalue weighted by molar-refractivity contribution is 6.30. The van der Waals surface area contributed by atoms with Crippen molar-refractivity contribution < 1.29 is 19.1 Å². The van der Waals surface area contributed by atoms with Crippen LogP contribution in [0.15, 0.2) is 96.2 Å². The van der Waals surface area contributed by atoms with Gasteiger partial charge >= 0.3 is 11.9 Å². The Labute approximate surface area is 210 Å². The van der Waals surface area contributed by atoms with Crippen molar-refractivity contribution in [3.8, 4) is 0 Å². The number of rotatable bonds is 7. The second kappa shape index (κ2) is 11.1. The topological polar surface area (TPSA) is 59.1 Å². The second-order valence-electron chi connectivity index (χ2n) is 7.86. The van der Waals surface area contributed by atoms with Crippen molar-refractivity contribution in [1.29, 1.82) is 0 Å². The van der Waals surface area contributed by atoms with Crippen LogP contribution >= 0.6 is 11.6 Å². The molecule has 7 heteroatoms. The SMILES string of the molecule is CCOC(=O)C1=C(C(=O)OCC)N(c2ccccc2)C(c2ccccc2)N(c2ccc(Cl)cc2)C1. The summed E-state index contributed by atoms with van der Waals surface area (Å²) < 4.78 is 10.8. The number of carbonyl (C=O) groups is 2. The van der Waals surface area contributed by atoms with Gasteiger partial charge in [-0.2, -0.15) is 0 Å². The fraction of sp³-hybridized carbons (Fsp3) is 0.214. The summed E-state index contributed by atoms with van der Waals surface area (Å²) in [6.45, 7) is 4.00. The maximum Gasteiger partial charge on any atom is 0.355 e. The number of nitrogens with zero attached hydrogens (tertiary/aromatic N) is 2. The predicted molar refractivity (Wildman–Crippen MR) is 137 cm³/mol. The summed E-state index contributed by atoms with van der Waals surface area (Å²) in [5, 5.41) is 0.607. The van der Waals surface area contributed by atoms with Crippen molar-refractivity contribution >= 4 is 34.9 Å². The van der Waals surface area contributed by atoms with Crippen LogP contribution in [0.5, 0.6) is 0 Å². The Balaban J connectivity index is 2.01. The van der Waals surface area contributed by atoms with Gasteiger partial charge in [0.15, 0.2) is 0 Å². The van der Waals surface area contributed by atoms with Crippen LogP contribution in [0.25, 0.3) is 0 Å². The molecular weight excluding hydrogens is 464 g/mol. The van der Waals surface area contributed by atoms with Crippen LogP contribution in [0.2, 0.25) is 5.02 Å². The number of hydrogen-bond donors (Lipinski definition) is 0. The standard InChI is InChI=1S/C28H27ClN2O4/c1-3-34-27(32)24-19-30(22-17-15-21(29)16-18-22)26(20-11-7-5-8-12-20)31(23-13-9-6-10-14-23)25(24)28(33)35-4-2/h5-18,26H,3-4,19H2,1-2H3. The summed E-state index contributed by atoms with van der Waals surface area (Å²) in [7, 11) is 0. The zero-order valence-electron chi connectivity index (χ0n) is 19.7. The van der Waals surface area contributed by atoms with E-state index in [9.17, 15) is 9.59 Å². The third-order valence-corrected chi connectivity index (χ3v) is 5.93. The molecule has 0 N–H and O–H groups in total. The van der Waals surface area contributed by atoms with Crippen molar-refractivity contribution in [2.24, 2.45) is 0 Å². The molecule has 3 aromatic rings. The molecule has 0 fully saturated rings. The molecule has 0 saturated heterocycles. The highest BCUT2D eigenvalue weighted by Crippen LogP contribution is 2.42. The molecule has 1 aliphatic heterocycles. The molecule has 35 heavy (non-hydrogen) atoms. The minimum Gasteiger partial charge on any atom is -0.463 e. The lowest BCUT2D eigenvalue weighted by Gasteiger charge is -2.47. The predicted octanol–water partition coefficient (Wildman–Crippen LogP) is 5.75. The quantitative estimate of drug-likeness (QED) is 0.393. The number of para-hydroxylation sites is 1. The summed E-state index contributed by atoms with van der Waals surface area (Å²) in [5.41, 5.74) is 2.93. The fourth-order valence-electron chi connectivity index (χ4n) is 4.22. The minimum atomic E-state index is -0.573. The minimum absolute atomic E-state index is 0.150. The van der Waals surface area contributed by atoms with Crippen molar-refractivity contribution in [2.75, 3.05) is 29.6 Å². The van der Waals surface area contributed by atoms with Gasteiger partial charge in [-0.15, -0.1) is 0 Å². The van der Waals surface area contributed by atoms with E-state index < -0.39 is 18.1 Å². The van der Waals surface area contributed by atoms with Crippen LogP contribution in [0.1, 0.15) is 25.6 Å². The van der Waals surface area contributed by atoms with E-state index in [1.165, 1.54) is 0 Å². The molecule has 4 rings (SSSR count). The molecule has 0 aliphatic carbocycles. The Kier molecular flexibility index (Phi) is 7.73. The number of benzene rings is 3. The maximum absolute atomic E-state index is 13.4. The Morgan fingerprint density at radius 1 is 0.800 bits per heavy atom. The van der Waals surface area contributed by atoms with E-state index in [4.69, 9.17) is 21.1 Å². The number of carbonyl (C=O) groups excluding carboxylic acids is 2. The van der Waals surface area contributed by atoms with Gasteiger partial charge in [0, 0.05) is 16.4 Å². The Morgan fingerprint density at radius 3 is 1.97 bits per heavy atom. The van der Waals surface area contributed by atoms with Gasteiger partial charge in [-0.1, -0.05) is 60.1 Å². The van der Waals surface area contributed by atoms with E-state index >= 15 is 0 Å². The first-order valence-corrected chi connectivity index (χ1v) is 11.9. The van der Waals surface area contributed by atoms with Crippen molar-refractivity contribution in [3.05, 3.63) is 107 Å². The first-order chi connectivity index (χ1) is 17.0. The van der Waals surface area contributed by atoms with Crippen molar-refractivity contribution in [2.45, 2.75) is 20.0 Å². The number of ether oxygens (including phenoxy) is 2. The highest BCUT2D eigenvalue weighted by atomic mass is 35.5. The molecular formula is C28H27ClN2O4. The second-order valence-corrected chi connectivity index (χ2v) is 8.30. The van der Waals surface area contributed by atoms with Gasteiger partial charge in [0.05, 0.1) is 25.3 Å². The van der Waals surface area contributed by atoms with Gasteiger partial charge in [-0.05, 0) is 55.8 Å². The van der Waals surface area contributed by atoms with Gasteiger partial charge in [-0.25, -0.2) is 9.59 Å². The molecule has 0 saturated carbocycles. The average molecular weight is 491 g/mol. The number of halogens is 1. The summed E-state index contributed by atoms with van der Waals surface area (Å²) in [6, 6.07) is 26.8. The zero-order valence-corrected chi connectivity index (χ0v) is 20.4. The maximum atomic E-state index is 13.4. The van der Waals surface area contributed by atoms with Crippen molar-refractivity contribution in [3.63, 3.8) is 0 Å². The Bertz CT molecular complexity index is 1200. The smallest absolute Gasteiger partial charge is 0.355 e. The number of anilines is 2. The lowest BCUT2D eigenvalue weighted by Crippen LogP contribution is -2.50. The van der Waals surface area contributed by atoms with Crippen LogP contribution in [0, 0.1) is 0 Å². The number of esters is 2. The van der Waals surface area contributed by atoms with Crippen LogP contribution < -0.4 is 9.80 Å². The monoisotopic (exact) mass is 490 g/mol. The van der Waals surface area contributed by atoms with E-state index in [0.29, 0.717) is 5.02 Å². The van der Waals surface area contributed by atoms with Gasteiger partial charge in [0.2, 0.25) is 0 Å². The molecule has 1 heterocycles. The lowest BCUT2D eigenvalue weighted by atomic mass is 9.99. The van der Waals surface area contributed by atoms with Gasteiger partial charge in [-0.3, -0.25) is 0 Å². The van der Waals surface area contributed by atoms with Crippen molar-refractivity contribution in [1.82, 2.24) is 0 Å². The largest absolute Gasteiger partial charge is 0.463 e. The zero-order chi connectivity index (χ0) is 24.8. The number of hydrogen-bond acceptors (Lipinski definition) is 6. The Morgan fingerprint density at radius 2 is 1.37 bits per heavy atom. The van der Waals surface area contributed by atoms with Crippen LogP contribution in [-0.2, 0) is 19.1 Å². The molecule has 0 spiro atoms. The van der Waals surface area contributed by atoms with Crippen LogP contribution in [0.3, 0.4) is 0 Å². The molecule has 0 radical (unpaired) electrons. The summed E-state index contributed by atoms with van der Waals surface area (Å²) in [5.74, 6) is -1.13. The molecule has 0 bridgehead atoms. The summed E-state index contributed by atoms with van der Waals surface area (Å²) in [4.78, 5) is 30.5. The first-order valence-electron chi connectivity index (χ1n) is 11.5.